The second-order valence-corrected chi connectivity index (χ2v) is 6.67. The number of pyridine rings is 1. The summed E-state index contributed by atoms with van der Waals surface area (Å²) in [5, 5.41) is -0.0641. The van der Waals surface area contributed by atoms with E-state index in [1.807, 2.05) is 11.9 Å². The van der Waals surface area contributed by atoms with Gasteiger partial charge in [0.15, 0.2) is 0 Å². The number of thiophene rings is 1. The molecule has 0 N–H and O–H groups in total. The highest BCUT2D eigenvalue weighted by Gasteiger charge is 2.35. The fourth-order valence-corrected chi connectivity index (χ4v) is 3.60. The quantitative estimate of drug-likeness (QED) is 0.772. The number of nitrogens with zero attached hydrogens (tertiary/aromatic N) is 3. The standard InChI is InChI=1S/C15H16F3N3O2S/c1-20-3-5-21(6-4-20)12-8-10(15(16,17)18)9-7-11(14(22)23-2)24-13(9)19-12/h7-8H,3-6H2,1-2H3. The molecular weight excluding hydrogens is 343 g/mol. The van der Waals surface area contributed by atoms with Crippen LogP contribution in [0.2, 0.25) is 0 Å². The lowest BCUT2D eigenvalue weighted by atomic mass is 10.1. The molecule has 2 aromatic heterocycles. The molecule has 0 radical (unpaired) electrons. The van der Waals surface area contributed by atoms with Crippen molar-refractivity contribution in [1.29, 1.82) is 0 Å². The lowest BCUT2D eigenvalue weighted by molar-refractivity contribution is -0.136. The predicted molar refractivity (Wildman–Crippen MR) is 85.7 cm³/mol. The number of halogens is 3. The first-order valence-corrected chi connectivity index (χ1v) is 8.15. The van der Waals surface area contributed by atoms with Crippen LogP contribution in [0, 0.1) is 0 Å². The molecule has 0 spiro atoms. The molecule has 5 nitrogen and oxygen atoms in total. The number of esters is 1. The number of ether oxygens (including phenoxy) is 1. The van der Waals surface area contributed by atoms with Crippen molar-refractivity contribution in [2.45, 2.75) is 6.18 Å². The molecule has 1 aliphatic rings. The molecular formula is C15H16F3N3O2S. The smallest absolute Gasteiger partial charge is 0.417 e. The van der Waals surface area contributed by atoms with Gasteiger partial charge in [0.25, 0.3) is 0 Å². The molecule has 130 valence electrons. The number of rotatable bonds is 2. The minimum Gasteiger partial charge on any atom is -0.465 e. The summed E-state index contributed by atoms with van der Waals surface area (Å²) in [5.41, 5.74) is -0.771. The number of carbonyl (C=O) groups excluding carboxylic acids is 1. The average molecular weight is 359 g/mol. The first-order valence-electron chi connectivity index (χ1n) is 7.33. The van der Waals surface area contributed by atoms with E-state index in [4.69, 9.17) is 0 Å². The Morgan fingerprint density at radius 1 is 1.25 bits per heavy atom. The maximum Gasteiger partial charge on any atom is 0.417 e. The molecule has 0 atom stereocenters. The van der Waals surface area contributed by atoms with Crippen molar-refractivity contribution in [2.24, 2.45) is 0 Å². The number of fused-ring (bicyclic) bond motifs is 1. The third-order valence-corrected chi connectivity index (χ3v) is 5.02. The Balaban J connectivity index is 2.10. The van der Waals surface area contributed by atoms with Gasteiger partial charge >= 0.3 is 12.1 Å². The maximum absolute atomic E-state index is 13.5. The highest BCUT2D eigenvalue weighted by atomic mass is 32.1. The number of methoxy groups -OCH3 is 1. The monoisotopic (exact) mass is 359 g/mol. The van der Waals surface area contributed by atoms with Gasteiger partial charge in [-0.3, -0.25) is 0 Å². The van der Waals surface area contributed by atoms with E-state index in [0.29, 0.717) is 18.9 Å². The molecule has 0 saturated carbocycles. The van der Waals surface area contributed by atoms with Gasteiger partial charge in [0, 0.05) is 31.6 Å². The summed E-state index contributed by atoms with van der Waals surface area (Å²) in [6.07, 6.45) is -4.52. The normalized spacial score (nSPS) is 16.6. The zero-order valence-corrected chi connectivity index (χ0v) is 14.0. The largest absolute Gasteiger partial charge is 0.465 e. The van der Waals surface area contributed by atoms with Crippen molar-refractivity contribution in [2.75, 3.05) is 45.2 Å². The Morgan fingerprint density at radius 3 is 2.50 bits per heavy atom. The van der Waals surface area contributed by atoms with E-state index >= 15 is 0 Å². The third kappa shape index (κ3) is 3.18. The van der Waals surface area contributed by atoms with Gasteiger partial charge in [0.2, 0.25) is 0 Å². The summed E-state index contributed by atoms with van der Waals surface area (Å²) >= 11 is 0.916. The molecule has 1 saturated heterocycles. The number of hydrogen-bond acceptors (Lipinski definition) is 6. The van der Waals surface area contributed by atoms with Gasteiger partial charge in [0.1, 0.15) is 15.5 Å². The summed E-state index contributed by atoms with van der Waals surface area (Å²) in [5.74, 6) is -0.367. The molecule has 1 aliphatic heterocycles. The maximum atomic E-state index is 13.5. The molecule has 0 amide bonds. The molecule has 2 aromatic rings. The number of aromatic nitrogens is 1. The van der Waals surface area contributed by atoms with Crippen molar-refractivity contribution >= 4 is 33.3 Å². The fraction of sp³-hybridized carbons (Fsp3) is 0.467. The number of hydrogen-bond donors (Lipinski definition) is 0. The van der Waals surface area contributed by atoms with Crippen LogP contribution >= 0.6 is 11.3 Å². The Hall–Kier alpha value is -1.87. The van der Waals surface area contributed by atoms with E-state index in [-0.39, 0.29) is 15.1 Å². The van der Waals surface area contributed by atoms with Gasteiger partial charge in [-0.25, -0.2) is 9.78 Å². The Morgan fingerprint density at radius 2 is 1.92 bits per heavy atom. The van der Waals surface area contributed by atoms with Crippen LogP contribution in [-0.4, -0.2) is 56.2 Å². The SMILES string of the molecule is COC(=O)c1cc2c(C(F)(F)F)cc(N3CCN(C)CC3)nc2s1. The first kappa shape index (κ1) is 17.0. The van der Waals surface area contributed by atoms with Crippen molar-refractivity contribution in [3.05, 3.63) is 22.6 Å². The summed E-state index contributed by atoms with van der Waals surface area (Å²) in [6, 6.07) is 2.27. The van der Waals surface area contributed by atoms with Crippen LogP contribution < -0.4 is 4.90 Å². The summed E-state index contributed by atoms with van der Waals surface area (Å²) in [7, 11) is 3.16. The topological polar surface area (TPSA) is 45.7 Å². The zero-order valence-electron chi connectivity index (χ0n) is 13.2. The van der Waals surface area contributed by atoms with Crippen LogP contribution in [0.3, 0.4) is 0 Å². The van der Waals surface area contributed by atoms with Gasteiger partial charge in [-0.15, -0.1) is 11.3 Å². The van der Waals surface area contributed by atoms with Crippen LogP contribution in [0.5, 0.6) is 0 Å². The van der Waals surface area contributed by atoms with Gasteiger partial charge < -0.3 is 14.5 Å². The third-order valence-electron chi connectivity index (χ3n) is 4.01. The molecule has 0 unspecified atom stereocenters. The fourth-order valence-electron chi connectivity index (χ4n) is 2.63. The summed E-state index contributed by atoms with van der Waals surface area (Å²) in [4.78, 5) is 20.2. The molecule has 0 bridgehead atoms. The van der Waals surface area contributed by atoms with Crippen LogP contribution in [0.4, 0.5) is 19.0 Å². The summed E-state index contributed by atoms with van der Waals surface area (Å²) in [6.45, 7) is 2.75. The predicted octanol–water partition coefficient (Wildman–Crippen LogP) is 2.85. The number of carbonyl (C=O) groups is 1. The van der Waals surface area contributed by atoms with Crippen LogP contribution in [0.1, 0.15) is 15.2 Å². The van der Waals surface area contributed by atoms with Gasteiger partial charge in [-0.2, -0.15) is 13.2 Å². The molecule has 0 aliphatic carbocycles. The minimum absolute atomic E-state index is 0.0641. The van der Waals surface area contributed by atoms with E-state index in [9.17, 15) is 18.0 Å². The zero-order chi connectivity index (χ0) is 17.5. The molecule has 3 rings (SSSR count). The van der Waals surface area contributed by atoms with E-state index in [1.54, 1.807) is 0 Å². The molecule has 1 fully saturated rings. The molecule has 24 heavy (non-hydrogen) atoms. The summed E-state index contributed by atoms with van der Waals surface area (Å²) < 4.78 is 45.0. The van der Waals surface area contributed by atoms with Crippen molar-refractivity contribution in [1.82, 2.24) is 9.88 Å². The van der Waals surface area contributed by atoms with E-state index in [2.05, 4.69) is 14.6 Å². The number of alkyl halides is 3. The first-order chi connectivity index (χ1) is 11.3. The minimum atomic E-state index is -4.52. The van der Waals surface area contributed by atoms with E-state index in [0.717, 1.165) is 30.5 Å². The highest BCUT2D eigenvalue weighted by Crippen LogP contribution is 2.39. The Kier molecular flexibility index (Phi) is 4.39. The molecule has 9 heteroatoms. The highest BCUT2D eigenvalue weighted by molar-refractivity contribution is 7.20. The molecule has 0 aromatic carbocycles. The molecule has 3 heterocycles. The van der Waals surface area contributed by atoms with Crippen molar-refractivity contribution < 1.29 is 22.7 Å². The average Bonchev–Trinajstić information content (AvgIpc) is 2.96. The van der Waals surface area contributed by atoms with Crippen molar-refractivity contribution in [3.63, 3.8) is 0 Å². The second kappa shape index (κ2) is 6.21. The Bertz CT molecular complexity index is 767. The number of likely N-dealkylation sites (N-methyl/N-ethyl adjacent to an activating group) is 1. The van der Waals surface area contributed by atoms with Crippen molar-refractivity contribution in [3.8, 4) is 0 Å². The number of piperazine rings is 1. The van der Waals surface area contributed by atoms with Crippen LogP contribution in [0.25, 0.3) is 10.2 Å². The van der Waals surface area contributed by atoms with Crippen LogP contribution in [0.15, 0.2) is 12.1 Å². The Labute approximate surface area is 140 Å². The lowest BCUT2D eigenvalue weighted by Crippen LogP contribution is -2.44. The number of anilines is 1. The van der Waals surface area contributed by atoms with Crippen LogP contribution in [-0.2, 0) is 10.9 Å². The van der Waals surface area contributed by atoms with E-state index in [1.165, 1.54) is 13.2 Å². The van der Waals surface area contributed by atoms with Gasteiger partial charge in [-0.1, -0.05) is 0 Å². The van der Waals surface area contributed by atoms with Gasteiger partial charge in [0.05, 0.1) is 12.7 Å². The van der Waals surface area contributed by atoms with E-state index < -0.39 is 17.7 Å². The lowest BCUT2D eigenvalue weighted by Gasteiger charge is -2.33. The van der Waals surface area contributed by atoms with Gasteiger partial charge in [-0.05, 0) is 19.2 Å². The second-order valence-electron chi connectivity index (χ2n) is 5.64.